The van der Waals surface area contributed by atoms with Gasteiger partial charge in [0.1, 0.15) is 6.10 Å². The summed E-state index contributed by atoms with van der Waals surface area (Å²) in [6.45, 7) is 6.77. The number of carbonyl (C=O) groups excluding carboxylic acids is 2. The molecule has 1 N–H and O–H groups in total. The highest BCUT2D eigenvalue weighted by molar-refractivity contribution is 5.97. The Balaban J connectivity index is 1.32. The molecule has 2 fully saturated rings. The van der Waals surface area contributed by atoms with Crippen molar-refractivity contribution in [3.8, 4) is 0 Å². The molecular weight excluding hydrogens is 392 g/mol. The van der Waals surface area contributed by atoms with Gasteiger partial charge in [-0.1, -0.05) is 18.2 Å². The molecule has 164 valence electrons. The van der Waals surface area contributed by atoms with Crippen LogP contribution in [0, 0.1) is 0 Å². The second-order valence-corrected chi connectivity index (χ2v) is 8.51. The highest BCUT2D eigenvalue weighted by atomic mass is 16.5. The quantitative estimate of drug-likeness (QED) is 0.802. The minimum atomic E-state index is -0.424. The van der Waals surface area contributed by atoms with Crippen LogP contribution in [0.2, 0.25) is 0 Å². The van der Waals surface area contributed by atoms with Crippen molar-refractivity contribution in [3.05, 3.63) is 54.4 Å². The lowest BCUT2D eigenvalue weighted by molar-refractivity contribution is -0.161. The number of hydrogen-bond acceptors (Lipinski definition) is 5. The summed E-state index contributed by atoms with van der Waals surface area (Å²) < 4.78 is 6.27. The number of nitrogens with one attached hydrogen (secondary N) is 1. The zero-order valence-electron chi connectivity index (χ0n) is 18.2. The highest BCUT2D eigenvalue weighted by Crippen LogP contribution is 2.35. The number of anilines is 2. The normalized spacial score (nSPS) is 21.3. The van der Waals surface area contributed by atoms with Crippen LogP contribution < -0.4 is 10.2 Å². The largest absolute Gasteiger partial charge is 0.360 e. The fourth-order valence-corrected chi connectivity index (χ4v) is 4.46. The third-order valence-electron chi connectivity index (χ3n) is 6.15. The Labute approximate surface area is 183 Å². The Bertz CT molecular complexity index is 908. The summed E-state index contributed by atoms with van der Waals surface area (Å²) in [4.78, 5) is 32.6. The van der Waals surface area contributed by atoms with Gasteiger partial charge in [-0.05, 0) is 44.0 Å². The van der Waals surface area contributed by atoms with Crippen molar-refractivity contribution in [1.82, 2.24) is 9.88 Å². The second-order valence-electron chi connectivity index (χ2n) is 8.51. The Morgan fingerprint density at radius 1 is 1.19 bits per heavy atom. The van der Waals surface area contributed by atoms with E-state index in [4.69, 9.17) is 4.74 Å². The van der Waals surface area contributed by atoms with Crippen LogP contribution in [-0.4, -0.2) is 59.6 Å². The number of hydrogen-bond donors (Lipinski definition) is 1. The number of pyridine rings is 1. The van der Waals surface area contributed by atoms with Crippen LogP contribution in [-0.2, 0) is 20.7 Å². The van der Waals surface area contributed by atoms with E-state index >= 15 is 0 Å². The monoisotopic (exact) mass is 422 g/mol. The number of ether oxygens (including phenoxy) is 1. The average Bonchev–Trinajstić information content (AvgIpc) is 2.77. The molecular formula is C24H30N4O3. The van der Waals surface area contributed by atoms with Gasteiger partial charge in [0.2, 0.25) is 5.91 Å². The number of piperidine rings is 1. The van der Waals surface area contributed by atoms with E-state index in [2.05, 4.69) is 15.2 Å². The van der Waals surface area contributed by atoms with Gasteiger partial charge >= 0.3 is 0 Å². The van der Waals surface area contributed by atoms with E-state index in [9.17, 15) is 9.59 Å². The van der Waals surface area contributed by atoms with E-state index in [0.717, 1.165) is 56.0 Å². The molecule has 2 amide bonds. The predicted octanol–water partition coefficient (Wildman–Crippen LogP) is 2.87. The highest BCUT2D eigenvalue weighted by Gasteiger charge is 2.45. The fourth-order valence-electron chi connectivity index (χ4n) is 4.46. The smallest absolute Gasteiger partial charge is 0.255 e. The van der Waals surface area contributed by atoms with Crippen LogP contribution in [0.25, 0.3) is 0 Å². The van der Waals surface area contributed by atoms with Crippen LogP contribution in [0.3, 0.4) is 0 Å². The van der Waals surface area contributed by atoms with Gasteiger partial charge in [0, 0.05) is 44.4 Å². The molecule has 4 rings (SSSR count). The Morgan fingerprint density at radius 3 is 2.58 bits per heavy atom. The van der Waals surface area contributed by atoms with E-state index in [-0.39, 0.29) is 17.4 Å². The predicted molar refractivity (Wildman–Crippen MR) is 120 cm³/mol. The van der Waals surface area contributed by atoms with Crippen molar-refractivity contribution in [1.29, 1.82) is 0 Å². The molecule has 1 unspecified atom stereocenters. The summed E-state index contributed by atoms with van der Waals surface area (Å²) in [6.07, 6.45) is 3.95. The number of rotatable bonds is 5. The van der Waals surface area contributed by atoms with E-state index in [0.29, 0.717) is 6.54 Å². The number of carbonyl (C=O) groups is 2. The first-order chi connectivity index (χ1) is 14.9. The zero-order valence-corrected chi connectivity index (χ0v) is 18.2. The summed E-state index contributed by atoms with van der Waals surface area (Å²) >= 11 is 0. The van der Waals surface area contributed by atoms with Crippen LogP contribution in [0.4, 0.5) is 11.4 Å². The van der Waals surface area contributed by atoms with E-state index < -0.39 is 6.10 Å². The lowest BCUT2D eigenvalue weighted by atomic mass is 9.88. The number of benzene rings is 1. The van der Waals surface area contributed by atoms with Crippen molar-refractivity contribution < 1.29 is 14.3 Å². The molecule has 2 saturated heterocycles. The van der Waals surface area contributed by atoms with Crippen molar-refractivity contribution >= 4 is 23.2 Å². The molecule has 2 aromatic rings. The van der Waals surface area contributed by atoms with Gasteiger partial charge in [-0.3, -0.25) is 14.6 Å². The lowest BCUT2D eigenvalue weighted by Crippen LogP contribution is -2.61. The average molecular weight is 423 g/mol. The Morgan fingerprint density at radius 2 is 1.94 bits per heavy atom. The molecule has 7 nitrogen and oxygen atoms in total. The van der Waals surface area contributed by atoms with Crippen LogP contribution in [0.1, 0.15) is 32.4 Å². The summed E-state index contributed by atoms with van der Waals surface area (Å²) in [7, 11) is 0. The molecule has 7 heteroatoms. The van der Waals surface area contributed by atoms with Crippen LogP contribution in [0.15, 0.2) is 48.7 Å². The molecule has 1 atom stereocenters. The maximum absolute atomic E-state index is 12.7. The Kier molecular flexibility index (Phi) is 6.34. The molecule has 0 aliphatic carbocycles. The molecule has 0 saturated carbocycles. The number of amides is 2. The second kappa shape index (κ2) is 9.16. The standard InChI is InChI=1S/C24H30N4O3/c1-18-23(30)28(22-6-4-3-5-7-22)17-24(31-18)11-14-27(15-12-24)13-10-20-8-9-21(16-25-20)26-19(2)29/h3-9,16,18H,10-15,17H2,1-2H3,(H,26,29). The van der Waals surface area contributed by atoms with Gasteiger partial charge in [0.15, 0.2) is 0 Å². The zero-order chi connectivity index (χ0) is 21.8. The summed E-state index contributed by atoms with van der Waals surface area (Å²) in [5, 5.41) is 2.74. The minimum absolute atomic E-state index is 0.0352. The molecule has 3 heterocycles. The summed E-state index contributed by atoms with van der Waals surface area (Å²) in [5.41, 5.74) is 2.39. The van der Waals surface area contributed by atoms with E-state index in [1.54, 1.807) is 6.20 Å². The maximum Gasteiger partial charge on any atom is 0.255 e. The van der Waals surface area contributed by atoms with E-state index in [1.165, 1.54) is 6.92 Å². The summed E-state index contributed by atoms with van der Waals surface area (Å²) in [5.74, 6) is -0.0587. The van der Waals surface area contributed by atoms with Crippen LogP contribution in [0.5, 0.6) is 0 Å². The number of aromatic nitrogens is 1. The fraction of sp³-hybridized carbons (Fsp3) is 0.458. The van der Waals surface area contributed by atoms with Gasteiger partial charge in [-0.2, -0.15) is 0 Å². The molecule has 2 aliphatic heterocycles. The lowest BCUT2D eigenvalue weighted by Gasteiger charge is -2.49. The first-order valence-electron chi connectivity index (χ1n) is 10.9. The third-order valence-corrected chi connectivity index (χ3v) is 6.15. The van der Waals surface area contributed by atoms with Gasteiger partial charge in [0.25, 0.3) is 5.91 Å². The van der Waals surface area contributed by atoms with Gasteiger partial charge < -0.3 is 19.9 Å². The maximum atomic E-state index is 12.7. The minimum Gasteiger partial charge on any atom is -0.360 e. The van der Waals surface area contributed by atoms with Crippen molar-refractivity contribution in [2.45, 2.75) is 44.8 Å². The van der Waals surface area contributed by atoms with Crippen LogP contribution >= 0.6 is 0 Å². The van der Waals surface area contributed by atoms with Gasteiger partial charge in [-0.15, -0.1) is 0 Å². The number of likely N-dealkylation sites (tertiary alicyclic amines) is 1. The SMILES string of the molecule is CC(=O)Nc1ccc(CCN2CCC3(CC2)CN(c2ccccc2)C(=O)C(C)O3)nc1. The number of morpholine rings is 1. The van der Waals surface area contributed by atoms with Gasteiger partial charge in [0.05, 0.1) is 24.0 Å². The van der Waals surface area contributed by atoms with Crippen molar-refractivity contribution in [2.24, 2.45) is 0 Å². The summed E-state index contributed by atoms with van der Waals surface area (Å²) in [6, 6.07) is 13.7. The van der Waals surface area contributed by atoms with E-state index in [1.807, 2.05) is 54.3 Å². The molecule has 1 aromatic carbocycles. The van der Waals surface area contributed by atoms with Gasteiger partial charge in [-0.25, -0.2) is 0 Å². The molecule has 0 bridgehead atoms. The molecule has 1 spiro atoms. The topological polar surface area (TPSA) is 74.8 Å². The first-order valence-corrected chi connectivity index (χ1v) is 10.9. The molecule has 1 aromatic heterocycles. The van der Waals surface area contributed by atoms with Crippen molar-refractivity contribution in [2.75, 3.05) is 36.4 Å². The number of nitrogens with zero attached hydrogens (tertiary/aromatic N) is 3. The molecule has 0 radical (unpaired) electrons. The third kappa shape index (κ3) is 5.11. The number of para-hydroxylation sites is 1. The molecule has 2 aliphatic rings. The molecule has 31 heavy (non-hydrogen) atoms. The van der Waals surface area contributed by atoms with Crippen molar-refractivity contribution in [3.63, 3.8) is 0 Å². The Hall–Kier alpha value is -2.77. The first kappa shape index (κ1) is 21.5.